The summed E-state index contributed by atoms with van der Waals surface area (Å²) in [5.41, 5.74) is 3.93. The van der Waals surface area contributed by atoms with Gasteiger partial charge in [0.2, 0.25) is 0 Å². The molecule has 0 aromatic heterocycles. The number of halogens is 1. The molecule has 0 radical (unpaired) electrons. The number of benzene rings is 2. The van der Waals surface area contributed by atoms with Crippen molar-refractivity contribution in [3.8, 4) is 5.75 Å². The molecule has 0 heterocycles. The van der Waals surface area contributed by atoms with Gasteiger partial charge >= 0.3 is 0 Å². The molecule has 2 aromatic carbocycles. The van der Waals surface area contributed by atoms with Gasteiger partial charge in [0.25, 0.3) is 5.91 Å². The summed E-state index contributed by atoms with van der Waals surface area (Å²) < 4.78 is 6.68. The Labute approximate surface area is 157 Å². The lowest BCUT2D eigenvalue weighted by atomic mass is 10.2. The third kappa shape index (κ3) is 6.70. The molecule has 0 aliphatic carbocycles. The number of rotatable bonds is 9. The second kappa shape index (κ2) is 10.7. The van der Waals surface area contributed by atoms with Crippen molar-refractivity contribution in [3.05, 3.63) is 64.1 Å². The van der Waals surface area contributed by atoms with Crippen LogP contribution in [0, 0.1) is 0 Å². The van der Waals surface area contributed by atoms with Crippen LogP contribution in [0.15, 0.2) is 58.1 Å². The van der Waals surface area contributed by atoms with Gasteiger partial charge in [0, 0.05) is 15.6 Å². The predicted molar refractivity (Wildman–Crippen MR) is 105 cm³/mol. The number of hydrogen-bond donors (Lipinski definition) is 1. The van der Waals surface area contributed by atoms with Gasteiger partial charge in [-0.15, -0.1) is 0 Å². The molecule has 4 nitrogen and oxygen atoms in total. The van der Waals surface area contributed by atoms with E-state index in [9.17, 15) is 4.79 Å². The number of hydrazone groups is 1. The molecule has 0 fully saturated rings. The lowest BCUT2D eigenvalue weighted by Gasteiger charge is -2.08. The normalized spacial score (nSPS) is 10.8. The summed E-state index contributed by atoms with van der Waals surface area (Å²) in [7, 11) is 0. The number of hydrogen-bond acceptors (Lipinski definition) is 3. The van der Waals surface area contributed by atoms with Crippen molar-refractivity contribution in [3.63, 3.8) is 0 Å². The summed E-state index contributed by atoms with van der Waals surface area (Å²) in [5, 5.41) is 4.05. The van der Waals surface area contributed by atoms with Crippen LogP contribution in [-0.4, -0.2) is 18.7 Å². The van der Waals surface area contributed by atoms with Crippen LogP contribution >= 0.6 is 15.9 Å². The maximum Gasteiger partial charge on any atom is 0.271 e. The number of nitrogens with zero attached hydrogens (tertiary/aromatic N) is 1. The Kier molecular flexibility index (Phi) is 8.19. The summed E-state index contributed by atoms with van der Waals surface area (Å²) in [6, 6.07) is 14.8. The number of unbranched alkanes of at least 4 members (excludes halogenated alkanes) is 3. The number of carbonyl (C=O) groups is 1. The SMILES string of the molecule is CCCCCCOc1ccccc1C=NNC(=O)c1cccc(Br)c1. The van der Waals surface area contributed by atoms with E-state index in [1.165, 1.54) is 19.3 Å². The molecule has 0 aliphatic rings. The molecule has 0 unspecified atom stereocenters. The van der Waals surface area contributed by atoms with Crippen molar-refractivity contribution in [2.75, 3.05) is 6.61 Å². The van der Waals surface area contributed by atoms with Crippen LogP contribution in [0.5, 0.6) is 5.75 Å². The van der Waals surface area contributed by atoms with E-state index in [-0.39, 0.29) is 5.91 Å². The molecule has 5 heteroatoms. The van der Waals surface area contributed by atoms with Crippen LogP contribution in [-0.2, 0) is 0 Å². The summed E-state index contributed by atoms with van der Waals surface area (Å²) >= 11 is 3.35. The fourth-order valence-electron chi connectivity index (χ4n) is 2.28. The zero-order valence-corrected chi connectivity index (χ0v) is 16.0. The summed E-state index contributed by atoms with van der Waals surface area (Å²) in [6.45, 7) is 2.88. The van der Waals surface area contributed by atoms with E-state index < -0.39 is 0 Å². The second-order valence-electron chi connectivity index (χ2n) is 5.66. The predicted octanol–water partition coefficient (Wildman–Crippen LogP) is 5.17. The topological polar surface area (TPSA) is 50.7 Å². The molecule has 0 saturated carbocycles. The van der Waals surface area contributed by atoms with Gasteiger partial charge < -0.3 is 4.74 Å². The number of nitrogens with one attached hydrogen (secondary N) is 1. The zero-order chi connectivity index (χ0) is 17.9. The van der Waals surface area contributed by atoms with Crippen LogP contribution in [0.1, 0.15) is 48.5 Å². The molecular weight excluding hydrogens is 380 g/mol. The van der Waals surface area contributed by atoms with Gasteiger partial charge in [-0.25, -0.2) is 5.43 Å². The lowest BCUT2D eigenvalue weighted by Crippen LogP contribution is -2.17. The first-order chi connectivity index (χ1) is 12.2. The maximum atomic E-state index is 12.1. The lowest BCUT2D eigenvalue weighted by molar-refractivity contribution is 0.0955. The van der Waals surface area contributed by atoms with Crippen LogP contribution < -0.4 is 10.2 Å². The van der Waals surface area contributed by atoms with E-state index >= 15 is 0 Å². The molecule has 0 bridgehead atoms. The molecule has 132 valence electrons. The van der Waals surface area contributed by atoms with Crippen molar-refractivity contribution in [1.29, 1.82) is 0 Å². The highest BCUT2D eigenvalue weighted by atomic mass is 79.9. The van der Waals surface area contributed by atoms with E-state index in [4.69, 9.17) is 4.74 Å². The molecule has 0 saturated heterocycles. The summed E-state index contributed by atoms with van der Waals surface area (Å²) in [4.78, 5) is 12.1. The quantitative estimate of drug-likeness (QED) is 0.357. The van der Waals surface area contributed by atoms with Crippen molar-refractivity contribution in [1.82, 2.24) is 5.43 Å². The van der Waals surface area contributed by atoms with Crippen molar-refractivity contribution >= 4 is 28.1 Å². The highest BCUT2D eigenvalue weighted by molar-refractivity contribution is 9.10. The average Bonchev–Trinajstić information content (AvgIpc) is 2.62. The van der Waals surface area contributed by atoms with Gasteiger partial charge in [-0.1, -0.05) is 60.3 Å². The first kappa shape index (κ1) is 19.2. The first-order valence-corrected chi connectivity index (χ1v) is 9.31. The van der Waals surface area contributed by atoms with Gasteiger partial charge in [-0.3, -0.25) is 4.79 Å². The van der Waals surface area contributed by atoms with Crippen LogP contribution in [0.4, 0.5) is 0 Å². The Morgan fingerprint density at radius 1 is 1.16 bits per heavy atom. The fraction of sp³-hybridized carbons (Fsp3) is 0.300. The number of carbonyl (C=O) groups excluding carboxylic acids is 1. The van der Waals surface area contributed by atoms with Gasteiger partial charge in [0.05, 0.1) is 12.8 Å². The largest absolute Gasteiger partial charge is 0.493 e. The molecule has 1 N–H and O–H groups in total. The zero-order valence-electron chi connectivity index (χ0n) is 14.4. The molecule has 25 heavy (non-hydrogen) atoms. The van der Waals surface area contributed by atoms with Crippen molar-refractivity contribution in [2.24, 2.45) is 5.10 Å². The monoisotopic (exact) mass is 402 g/mol. The van der Waals surface area contributed by atoms with Crippen molar-refractivity contribution < 1.29 is 9.53 Å². The molecule has 2 aromatic rings. The van der Waals surface area contributed by atoms with Crippen LogP contribution in [0.2, 0.25) is 0 Å². The molecule has 0 atom stereocenters. The third-order valence-corrected chi connectivity index (χ3v) is 4.12. The summed E-state index contributed by atoms with van der Waals surface area (Å²) in [6.07, 6.45) is 6.26. The van der Waals surface area contributed by atoms with Gasteiger partial charge in [0.15, 0.2) is 0 Å². The second-order valence-corrected chi connectivity index (χ2v) is 6.57. The van der Waals surface area contributed by atoms with E-state index in [0.29, 0.717) is 12.2 Å². The van der Waals surface area contributed by atoms with Gasteiger partial charge in [0.1, 0.15) is 5.75 Å². The minimum Gasteiger partial charge on any atom is -0.493 e. The highest BCUT2D eigenvalue weighted by Gasteiger charge is 2.04. The fourth-order valence-corrected chi connectivity index (χ4v) is 2.68. The third-order valence-electron chi connectivity index (χ3n) is 3.63. The molecule has 2 rings (SSSR count). The van der Waals surface area contributed by atoms with Crippen LogP contribution in [0.25, 0.3) is 0 Å². The Morgan fingerprint density at radius 2 is 2.00 bits per heavy atom. The number of para-hydroxylation sites is 1. The minimum absolute atomic E-state index is 0.254. The molecule has 0 spiro atoms. The number of amides is 1. The first-order valence-electron chi connectivity index (χ1n) is 8.51. The minimum atomic E-state index is -0.254. The molecule has 0 aliphatic heterocycles. The standard InChI is InChI=1S/C20H23BrN2O2/c1-2-3-4-7-13-25-19-12-6-5-9-17(19)15-22-23-20(24)16-10-8-11-18(21)14-16/h5-6,8-12,14-15H,2-4,7,13H2,1H3,(H,23,24). The van der Waals surface area contributed by atoms with Crippen molar-refractivity contribution in [2.45, 2.75) is 32.6 Å². The smallest absolute Gasteiger partial charge is 0.271 e. The molecule has 1 amide bonds. The Balaban J connectivity index is 1.91. The Bertz CT molecular complexity index is 716. The van der Waals surface area contributed by atoms with Crippen LogP contribution in [0.3, 0.4) is 0 Å². The van der Waals surface area contributed by atoms with Gasteiger partial charge in [-0.05, 0) is 36.8 Å². The van der Waals surface area contributed by atoms with E-state index in [0.717, 1.165) is 22.2 Å². The summed E-state index contributed by atoms with van der Waals surface area (Å²) in [5.74, 6) is 0.523. The van der Waals surface area contributed by atoms with E-state index in [1.54, 1.807) is 18.3 Å². The highest BCUT2D eigenvalue weighted by Crippen LogP contribution is 2.16. The Morgan fingerprint density at radius 3 is 2.80 bits per heavy atom. The molecular formula is C20H23BrN2O2. The maximum absolute atomic E-state index is 12.1. The van der Waals surface area contributed by atoms with E-state index in [2.05, 4.69) is 33.4 Å². The average molecular weight is 403 g/mol. The Hall–Kier alpha value is -2.14. The van der Waals surface area contributed by atoms with Gasteiger partial charge in [-0.2, -0.15) is 5.10 Å². The van der Waals surface area contributed by atoms with E-state index in [1.807, 2.05) is 36.4 Å². The number of ether oxygens (including phenoxy) is 1.